The maximum atomic E-state index is 13.7. The normalized spacial score (nSPS) is 10.5. The number of phenols is 1. The zero-order valence-electron chi connectivity index (χ0n) is 10.2. The number of rotatable bonds is 3. The molecule has 0 aliphatic heterocycles. The van der Waals surface area contributed by atoms with Gasteiger partial charge in [-0.05, 0) is 36.2 Å². The van der Waals surface area contributed by atoms with Crippen LogP contribution >= 0.6 is 0 Å². The van der Waals surface area contributed by atoms with Gasteiger partial charge in [-0.25, -0.2) is 13.2 Å². The standard InChI is InChI=1S/C14H12F3NO/c1-8-2-3-12(16)14(13(8)17)18-7-9-4-10(15)6-11(19)5-9/h2-6,18-19H,7H2,1H3. The van der Waals surface area contributed by atoms with Crippen molar-refractivity contribution in [2.24, 2.45) is 0 Å². The lowest BCUT2D eigenvalue weighted by Gasteiger charge is -2.10. The molecule has 0 atom stereocenters. The van der Waals surface area contributed by atoms with Crippen LogP contribution in [-0.2, 0) is 6.54 Å². The van der Waals surface area contributed by atoms with Gasteiger partial charge in [0.1, 0.15) is 23.1 Å². The summed E-state index contributed by atoms with van der Waals surface area (Å²) in [7, 11) is 0. The molecule has 5 heteroatoms. The van der Waals surface area contributed by atoms with Crippen molar-refractivity contribution >= 4 is 5.69 Å². The van der Waals surface area contributed by atoms with E-state index in [1.165, 1.54) is 25.1 Å². The third kappa shape index (κ3) is 2.99. The van der Waals surface area contributed by atoms with Gasteiger partial charge in [0.15, 0.2) is 5.82 Å². The number of aromatic hydroxyl groups is 1. The first-order chi connectivity index (χ1) is 8.97. The van der Waals surface area contributed by atoms with Gasteiger partial charge in [0.05, 0.1) is 0 Å². The van der Waals surface area contributed by atoms with Crippen LogP contribution in [0, 0.1) is 24.4 Å². The van der Waals surface area contributed by atoms with Gasteiger partial charge >= 0.3 is 0 Å². The van der Waals surface area contributed by atoms with Crippen LogP contribution in [-0.4, -0.2) is 5.11 Å². The predicted molar refractivity (Wildman–Crippen MR) is 66.5 cm³/mol. The van der Waals surface area contributed by atoms with Crippen LogP contribution in [0.5, 0.6) is 5.75 Å². The molecule has 0 unspecified atom stereocenters. The Morgan fingerprint density at radius 3 is 2.53 bits per heavy atom. The molecule has 2 aromatic rings. The number of benzene rings is 2. The Morgan fingerprint density at radius 1 is 1.11 bits per heavy atom. The average molecular weight is 267 g/mol. The van der Waals surface area contributed by atoms with Gasteiger partial charge in [0.2, 0.25) is 0 Å². The van der Waals surface area contributed by atoms with Crippen molar-refractivity contribution in [1.29, 1.82) is 0 Å². The predicted octanol–water partition coefficient (Wildman–Crippen LogP) is 3.73. The highest BCUT2D eigenvalue weighted by atomic mass is 19.1. The van der Waals surface area contributed by atoms with E-state index in [1.807, 2.05) is 0 Å². The lowest BCUT2D eigenvalue weighted by atomic mass is 10.1. The average Bonchev–Trinajstić information content (AvgIpc) is 2.33. The van der Waals surface area contributed by atoms with Crippen LogP contribution in [0.4, 0.5) is 18.9 Å². The number of anilines is 1. The Hall–Kier alpha value is -2.17. The molecule has 0 radical (unpaired) electrons. The number of halogens is 3. The van der Waals surface area contributed by atoms with Crippen LogP contribution < -0.4 is 5.32 Å². The summed E-state index contributed by atoms with van der Waals surface area (Å²) in [5, 5.41) is 11.8. The van der Waals surface area contributed by atoms with E-state index in [1.54, 1.807) is 0 Å². The highest BCUT2D eigenvalue weighted by molar-refractivity contribution is 5.49. The quantitative estimate of drug-likeness (QED) is 0.888. The van der Waals surface area contributed by atoms with Crippen LogP contribution in [0.15, 0.2) is 30.3 Å². The third-order valence-electron chi connectivity index (χ3n) is 2.70. The van der Waals surface area contributed by atoms with E-state index in [0.717, 1.165) is 12.1 Å². The molecule has 100 valence electrons. The zero-order valence-corrected chi connectivity index (χ0v) is 10.2. The Balaban J connectivity index is 2.21. The number of phenolic OH excluding ortho intramolecular Hbond substituents is 1. The molecule has 2 rings (SSSR count). The van der Waals surface area contributed by atoms with Gasteiger partial charge in [-0.1, -0.05) is 6.07 Å². The van der Waals surface area contributed by atoms with Gasteiger partial charge in [-0.3, -0.25) is 0 Å². The van der Waals surface area contributed by atoms with Crippen molar-refractivity contribution in [1.82, 2.24) is 0 Å². The topological polar surface area (TPSA) is 32.3 Å². The molecule has 0 heterocycles. The molecular weight excluding hydrogens is 255 g/mol. The summed E-state index contributed by atoms with van der Waals surface area (Å²) in [6.07, 6.45) is 0. The van der Waals surface area contributed by atoms with E-state index in [2.05, 4.69) is 5.32 Å². The minimum Gasteiger partial charge on any atom is -0.508 e. The van der Waals surface area contributed by atoms with Crippen molar-refractivity contribution in [3.63, 3.8) is 0 Å². The second kappa shape index (κ2) is 5.22. The molecule has 0 aliphatic rings. The minimum absolute atomic E-state index is 0.00259. The molecule has 2 nitrogen and oxygen atoms in total. The zero-order chi connectivity index (χ0) is 14.0. The maximum Gasteiger partial charge on any atom is 0.152 e. The van der Waals surface area contributed by atoms with E-state index < -0.39 is 17.5 Å². The van der Waals surface area contributed by atoms with Gasteiger partial charge < -0.3 is 10.4 Å². The SMILES string of the molecule is Cc1ccc(F)c(NCc2cc(O)cc(F)c2)c1F. The molecule has 0 aliphatic carbocycles. The second-order valence-electron chi connectivity index (χ2n) is 4.22. The molecule has 0 bridgehead atoms. The summed E-state index contributed by atoms with van der Waals surface area (Å²) < 4.78 is 40.2. The summed E-state index contributed by atoms with van der Waals surface area (Å²) in [4.78, 5) is 0. The molecular formula is C14H12F3NO. The minimum atomic E-state index is -0.719. The van der Waals surface area contributed by atoms with Crippen LogP contribution in [0.2, 0.25) is 0 Å². The molecule has 0 fully saturated rings. The lowest BCUT2D eigenvalue weighted by Crippen LogP contribution is -2.05. The second-order valence-corrected chi connectivity index (χ2v) is 4.22. The Labute approximate surface area is 108 Å². The maximum absolute atomic E-state index is 13.7. The molecule has 0 aromatic heterocycles. The van der Waals surface area contributed by atoms with Crippen molar-refractivity contribution < 1.29 is 18.3 Å². The Bertz CT molecular complexity index is 594. The Morgan fingerprint density at radius 2 is 1.84 bits per heavy atom. The molecule has 0 saturated carbocycles. The summed E-state index contributed by atoms with van der Waals surface area (Å²) in [5.41, 5.74) is 0.438. The van der Waals surface area contributed by atoms with Crippen LogP contribution in [0.25, 0.3) is 0 Å². The number of hydrogen-bond acceptors (Lipinski definition) is 2. The first-order valence-electron chi connectivity index (χ1n) is 5.64. The van der Waals surface area contributed by atoms with Crippen LogP contribution in [0.3, 0.4) is 0 Å². The number of hydrogen-bond donors (Lipinski definition) is 2. The highest BCUT2D eigenvalue weighted by Crippen LogP contribution is 2.23. The molecule has 0 saturated heterocycles. The number of aryl methyl sites for hydroxylation is 1. The Kier molecular flexibility index (Phi) is 3.64. The molecule has 0 spiro atoms. The van der Waals surface area contributed by atoms with Crippen LogP contribution in [0.1, 0.15) is 11.1 Å². The summed E-state index contributed by atoms with van der Waals surface area (Å²) in [6.45, 7) is 1.52. The van der Waals surface area contributed by atoms with Crippen molar-refractivity contribution in [3.05, 3.63) is 58.9 Å². The lowest BCUT2D eigenvalue weighted by molar-refractivity contribution is 0.468. The molecule has 0 amide bonds. The molecule has 2 aromatic carbocycles. The molecule has 19 heavy (non-hydrogen) atoms. The van der Waals surface area contributed by atoms with Crippen molar-refractivity contribution in [2.45, 2.75) is 13.5 Å². The largest absolute Gasteiger partial charge is 0.508 e. The van der Waals surface area contributed by atoms with Gasteiger partial charge in [-0.15, -0.1) is 0 Å². The van der Waals surface area contributed by atoms with E-state index in [0.29, 0.717) is 11.1 Å². The third-order valence-corrected chi connectivity index (χ3v) is 2.70. The van der Waals surface area contributed by atoms with Crippen molar-refractivity contribution in [3.8, 4) is 5.75 Å². The van der Waals surface area contributed by atoms with Gasteiger partial charge in [0, 0.05) is 12.6 Å². The first kappa shape index (κ1) is 13.3. The smallest absolute Gasteiger partial charge is 0.152 e. The fourth-order valence-corrected chi connectivity index (χ4v) is 1.74. The fourth-order valence-electron chi connectivity index (χ4n) is 1.74. The van der Waals surface area contributed by atoms with E-state index >= 15 is 0 Å². The fraction of sp³-hybridized carbons (Fsp3) is 0.143. The first-order valence-corrected chi connectivity index (χ1v) is 5.64. The summed E-state index contributed by atoms with van der Waals surface area (Å²) in [6, 6.07) is 5.95. The molecule has 2 N–H and O–H groups in total. The van der Waals surface area contributed by atoms with E-state index in [-0.39, 0.29) is 18.0 Å². The number of nitrogens with one attached hydrogen (secondary N) is 1. The monoisotopic (exact) mass is 267 g/mol. The van der Waals surface area contributed by atoms with Crippen molar-refractivity contribution in [2.75, 3.05) is 5.32 Å². The van der Waals surface area contributed by atoms with E-state index in [9.17, 15) is 18.3 Å². The summed E-state index contributed by atoms with van der Waals surface area (Å²) >= 11 is 0. The summed E-state index contributed by atoms with van der Waals surface area (Å²) in [5.74, 6) is -2.24. The van der Waals surface area contributed by atoms with Gasteiger partial charge in [-0.2, -0.15) is 0 Å². The van der Waals surface area contributed by atoms with Gasteiger partial charge in [0.25, 0.3) is 0 Å². The van der Waals surface area contributed by atoms with E-state index in [4.69, 9.17) is 0 Å². The highest BCUT2D eigenvalue weighted by Gasteiger charge is 2.11.